The number of hydrogen-bond donors (Lipinski definition) is 0. The zero-order valence-corrected chi connectivity index (χ0v) is 14.0. The molecule has 0 N–H and O–H groups in total. The maximum atomic E-state index is 12.6. The predicted octanol–water partition coefficient (Wildman–Crippen LogP) is 1.11. The first-order valence-corrected chi connectivity index (χ1v) is 7.70. The average molecular weight is 343 g/mol. The highest BCUT2D eigenvalue weighted by atomic mass is 16.5. The van der Waals surface area contributed by atoms with Gasteiger partial charge < -0.3 is 9.47 Å². The Bertz CT molecular complexity index is 961. The van der Waals surface area contributed by atoms with Gasteiger partial charge in [0.15, 0.2) is 11.2 Å². The summed E-state index contributed by atoms with van der Waals surface area (Å²) in [6.45, 7) is 3.51. The standard InChI is InChI=1S/C16H17N5O4/c1-4-25-16(23)10(2)20-9-17-14-13(15(20)22)18-19-21(14)11-5-7-12(24-3)8-6-11/h5-10H,4H2,1-3H3/t10-/m0/s1. The van der Waals surface area contributed by atoms with E-state index in [9.17, 15) is 9.59 Å². The summed E-state index contributed by atoms with van der Waals surface area (Å²) in [7, 11) is 1.58. The zero-order chi connectivity index (χ0) is 18.0. The van der Waals surface area contributed by atoms with Crippen molar-refractivity contribution in [3.8, 4) is 11.4 Å². The minimum atomic E-state index is -0.796. The van der Waals surface area contributed by atoms with Crippen LogP contribution in [0.25, 0.3) is 16.9 Å². The van der Waals surface area contributed by atoms with Gasteiger partial charge in [0.05, 0.1) is 19.4 Å². The maximum absolute atomic E-state index is 12.6. The summed E-state index contributed by atoms with van der Waals surface area (Å²) in [6, 6.07) is 6.30. The quantitative estimate of drug-likeness (QED) is 0.640. The van der Waals surface area contributed by atoms with Gasteiger partial charge in [-0.2, -0.15) is 4.68 Å². The number of benzene rings is 1. The highest BCUT2D eigenvalue weighted by Crippen LogP contribution is 2.17. The lowest BCUT2D eigenvalue weighted by Gasteiger charge is -2.12. The van der Waals surface area contributed by atoms with E-state index < -0.39 is 17.6 Å². The van der Waals surface area contributed by atoms with Crippen molar-refractivity contribution in [3.63, 3.8) is 0 Å². The van der Waals surface area contributed by atoms with Gasteiger partial charge >= 0.3 is 5.97 Å². The fourth-order valence-electron chi connectivity index (χ4n) is 2.37. The molecule has 0 bridgehead atoms. The molecule has 0 aliphatic carbocycles. The number of fused-ring (bicyclic) bond motifs is 1. The normalized spacial score (nSPS) is 12.1. The Morgan fingerprint density at radius 3 is 2.64 bits per heavy atom. The Labute approximate surface area is 142 Å². The molecule has 1 aromatic carbocycles. The van der Waals surface area contributed by atoms with Crippen molar-refractivity contribution in [2.45, 2.75) is 19.9 Å². The van der Waals surface area contributed by atoms with Crippen LogP contribution < -0.4 is 10.3 Å². The molecule has 0 fully saturated rings. The Kier molecular flexibility index (Phi) is 4.46. The van der Waals surface area contributed by atoms with Crippen LogP contribution in [0.15, 0.2) is 35.4 Å². The highest BCUT2D eigenvalue weighted by molar-refractivity contribution is 5.75. The van der Waals surface area contributed by atoms with Gasteiger partial charge in [-0.05, 0) is 38.1 Å². The third-order valence-corrected chi connectivity index (χ3v) is 3.75. The number of nitrogens with zero attached hydrogens (tertiary/aromatic N) is 5. The van der Waals surface area contributed by atoms with Crippen LogP contribution in [0.2, 0.25) is 0 Å². The molecule has 9 nitrogen and oxygen atoms in total. The molecule has 1 atom stereocenters. The molecule has 2 aromatic heterocycles. The number of ether oxygens (including phenoxy) is 2. The predicted molar refractivity (Wildman–Crippen MR) is 88.8 cm³/mol. The van der Waals surface area contributed by atoms with Crippen LogP contribution in [0.4, 0.5) is 0 Å². The number of aromatic nitrogens is 5. The fourth-order valence-corrected chi connectivity index (χ4v) is 2.37. The minimum Gasteiger partial charge on any atom is -0.497 e. The fraction of sp³-hybridized carbons (Fsp3) is 0.312. The molecule has 0 saturated heterocycles. The lowest BCUT2D eigenvalue weighted by molar-refractivity contribution is -0.146. The third-order valence-electron chi connectivity index (χ3n) is 3.75. The van der Waals surface area contributed by atoms with Crippen molar-refractivity contribution < 1.29 is 14.3 Å². The number of methoxy groups -OCH3 is 1. The number of rotatable bonds is 5. The first kappa shape index (κ1) is 16.6. The smallest absolute Gasteiger partial charge is 0.328 e. The van der Waals surface area contributed by atoms with Crippen LogP contribution in [0.5, 0.6) is 5.75 Å². The number of carbonyl (C=O) groups is 1. The van der Waals surface area contributed by atoms with E-state index in [4.69, 9.17) is 9.47 Å². The van der Waals surface area contributed by atoms with Gasteiger partial charge in [0.2, 0.25) is 0 Å². The lowest BCUT2D eigenvalue weighted by atomic mass is 10.3. The molecule has 0 radical (unpaired) electrons. The first-order valence-electron chi connectivity index (χ1n) is 7.70. The summed E-state index contributed by atoms with van der Waals surface area (Å²) in [5.74, 6) is 0.194. The third kappa shape index (κ3) is 2.95. The average Bonchev–Trinajstić information content (AvgIpc) is 3.07. The van der Waals surface area contributed by atoms with Crippen LogP contribution in [-0.4, -0.2) is 44.2 Å². The van der Waals surface area contributed by atoms with E-state index >= 15 is 0 Å². The van der Waals surface area contributed by atoms with E-state index in [0.717, 1.165) is 0 Å². The van der Waals surface area contributed by atoms with Crippen LogP contribution in [0.1, 0.15) is 19.9 Å². The molecule has 3 aromatic rings. The summed E-state index contributed by atoms with van der Waals surface area (Å²) in [6.07, 6.45) is 1.30. The first-order chi connectivity index (χ1) is 12.1. The summed E-state index contributed by atoms with van der Waals surface area (Å²) in [5.41, 5.74) is 0.619. The van der Waals surface area contributed by atoms with Crippen molar-refractivity contribution in [1.29, 1.82) is 0 Å². The SMILES string of the molecule is CCOC(=O)[C@H](C)n1cnc2c(nnn2-c2ccc(OC)cc2)c1=O. The molecule has 25 heavy (non-hydrogen) atoms. The van der Waals surface area contributed by atoms with E-state index in [1.165, 1.54) is 15.6 Å². The second-order valence-electron chi connectivity index (χ2n) is 5.26. The molecule has 9 heteroatoms. The highest BCUT2D eigenvalue weighted by Gasteiger charge is 2.21. The largest absolute Gasteiger partial charge is 0.497 e. The van der Waals surface area contributed by atoms with Crippen LogP contribution in [-0.2, 0) is 9.53 Å². The molecule has 0 unspecified atom stereocenters. The van der Waals surface area contributed by atoms with Gasteiger partial charge in [-0.3, -0.25) is 9.36 Å². The van der Waals surface area contributed by atoms with E-state index in [1.54, 1.807) is 45.2 Å². The molecular weight excluding hydrogens is 326 g/mol. The molecule has 0 spiro atoms. The zero-order valence-electron chi connectivity index (χ0n) is 14.0. The summed E-state index contributed by atoms with van der Waals surface area (Å²) in [4.78, 5) is 28.7. The molecule has 0 amide bonds. The van der Waals surface area contributed by atoms with Crippen molar-refractivity contribution >= 4 is 17.1 Å². The number of esters is 1. The van der Waals surface area contributed by atoms with Crippen molar-refractivity contribution in [3.05, 3.63) is 40.9 Å². The van der Waals surface area contributed by atoms with E-state index in [2.05, 4.69) is 15.3 Å². The van der Waals surface area contributed by atoms with Crippen molar-refractivity contribution in [2.75, 3.05) is 13.7 Å². The van der Waals surface area contributed by atoms with Crippen molar-refractivity contribution in [2.24, 2.45) is 0 Å². The molecule has 0 saturated carbocycles. The summed E-state index contributed by atoms with van der Waals surface area (Å²) >= 11 is 0. The van der Waals surface area contributed by atoms with E-state index in [-0.39, 0.29) is 12.1 Å². The molecule has 3 rings (SSSR count). The second-order valence-corrected chi connectivity index (χ2v) is 5.26. The van der Waals surface area contributed by atoms with Crippen LogP contribution >= 0.6 is 0 Å². The Morgan fingerprint density at radius 2 is 2.00 bits per heavy atom. The van der Waals surface area contributed by atoms with Gasteiger partial charge in [-0.15, -0.1) is 5.10 Å². The van der Waals surface area contributed by atoms with Gasteiger partial charge in [-0.1, -0.05) is 5.21 Å². The Morgan fingerprint density at radius 1 is 1.28 bits per heavy atom. The maximum Gasteiger partial charge on any atom is 0.328 e. The minimum absolute atomic E-state index is 0.0782. The lowest BCUT2D eigenvalue weighted by Crippen LogP contribution is -2.29. The monoisotopic (exact) mass is 343 g/mol. The van der Waals surface area contributed by atoms with E-state index in [0.29, 0.717) is 17.1 Å². The van der Waals surface area contributed by atoms with Crippen LogP contribution in [0, 0.1) is 0 Å². The Hall–Kier alpha value is -3.23. The van der Waals surface area contributed by atoms with Crippen molar-refractivity contribution in [1.82, 2.24) is 24.5 Å². The number of hydrogen-bond acceptors (Lipinski definition) is 7. The van der Waals surface area contributed by atoms with E-state index in [1.807, 2.05) is 0 Å². The summed E-state index contributed by atoms with van der Waals surface area (Å²) < 4.78 is 12.7. The van der Waals surface area contributed by atoms with Gasteiger partial charge in [0.25, 0.3) is 5.56 Å². The van der Waals surface area contributed by atoms with Gasteiger partial charge in [-0.25, -0.2) is 9.78 Å². The summed E-state index contributed by atoms with van der Waals surface area (Å²) in [5, 5.41) is 7.92. The molecule has 0 aliphatic rings. The number of carbonyl (C=O) groups excluding carboxylic acids is 1. The molecule has 2 heterocycles. The van der Waals surface area contributed by atoms with Gasteiger partial charge in [0.1, 0.15) is 18.1 Å². The Balaban J connectivity index is 2.04. The molecule has 0 aliphatic heterocycles. The molecular formula is C16H17N5O4. The topological polar surface area (TPSA) is 101 Å². The van der Waals surface area contributed by atoms with Crippen LogP contribution in [0.3, 0.4) is 0 Å². The van der Waals surface area contributed by atoms with Gasteiger partial charge in [0, 0.05) is 0 Å². The second kappa shape index (κ2) is 6.71. The molecule has 130 valence electrons.